The maximum atomic E-state index is 8.97. The van der Waals surface area contributed by atoms with Crippen molar-refractivity contribution in [3.05, 3.63) is 40.9 Å². The maximum absolute atomic E-state index is 8.97. The fraction of sp³-hybridized carbons (Fsp3) is 0.438. The topological polar surface area (TPSA) is 59.1 Å². The summed E-state index contributed by atoms with van der Waals surface area (Å²) in [6, 6.07) is 8.08. The first-order valence-corrected chi connectivity index (χ1v) is 7.70. The highest BCUT2D eigenvalue weighted by Crippen LogP contribution is 2.29. The van der Waals surface area contributed by atoms with Crippen molar-refractivity contribution in [1.82, 2.24) is 4.98 Å². The zero-order valence-electron chi connectivity index (χ0n) is 12.7. The highest BCUT2D eigenvalue weighted by Gasteiger charge is 2.17. The van der Waals surface area contributed by atoms with E-state index in [1.54, 1.807) is 11.3 Å². The van der Waals surface area contributed by atoms with Crippen LogP contribution in [-0.4, -0.2) is 22.7 Å². The Morgan fingerprint density at radius 1 is 1.24 bits per heavy atom. The Bertz CT molecular complexity index is 560. The summed E-state index contributed by atoms with van der Waals surface area (Å²) < 4.78 is 0. The van der Waals surface area contributed by atoms with E-state index in [4.69, 9.17) is 15.8 Å². The second-order valence-electron chi connectivity index (χ2n) is 6.13. The number of thiazole rings is 1. The van der Waals surface area contributed by atoms with Crippen LogP contribution in [0.1, 0.15) is 32.0 Å². The molecule has 0 saturated carbocycles. The van der Waals surface area contributed by atoms with E-state index in [9.17, 15) is 0 Å². The average molecular weight is 327 g/mol. The lowest BCUT2D eigenvalue weighted by Crippen LogP contribution is -2.26. The standard InChI is InChI=1S/C16H22N2OS.ClH/c1-16(2,3)14-10-20-15(18-14)12-6-4-11(5-7-12)8-13(17)9-19;/h4-7,10,13,19H,8-9,17H2,1-3H3;1H. The maximum Gasteiger partial charge on any atom is 0.123 e. The summed E-state index contributed by atoms with van der Waals surface area (Å²) >= 11 is 1.68. The molecule has 2 aromatic rings. The van der Waals surface area contributed by atoms with Gasteiger partial charge in [-0.15, -0.1) is 23.7 Å². The van der Waals surface area contributed by atoms with Gasteiger partial charge in [-0.1, -0.05) is 45.0 Å². The van der Waals surface area contributed by atoms with Gasteiger partial charge in [0, 0.05) is 22.4 Å². The predicted molar refractivity (Wildman–Crippen MR) is 92.3 cm³/mol. The van der Waals surface area contributed by atoms with E-state index in [1.165, 1.54) is 0 Å². The van der Waals surface area contributed by atoms with E-state index >= 15 is 0 Å². The van der Waals surface area contributed by atoms with Crippen LogP contribution >= 0.6 is 23.7 Å². The average Bonchev–Trinajstić information content (AvgIpc) is 2.89. The molecule has 2 rings (SSSR count). The Hall–Kier alpha value is -0.940. The summed E-state index contributed by atoms with van der Waals surface area (Å²) in [5, 5.41) is 12.2. The van der Waals surface area contributed by atoms with Crippen molar-refractivity contribution < 1.29 is 5.11 Å². The van der Waals surface area contributed by atoms with Crippen LogP contribution in [0.5, 0.6) is 0 Å². The van der Waals surface area contributed by atoms with Crippen LogP contribution < -0.4 is 5.73 Å². The lowest BCUT2D eigenvalue weighted by Gasteiger charge is -2.14. The third-order valence-corrected chi connectivity index (χ3v) is 4.10. The van der Waals surface area contributed by atoms with Crippen molar-refractivity contribution in [2.45, 2.75) is 38.6 Å². The smallest absolute Gasteiger partial charge is 0.123 e. The van der Waals surface area contributed by atoms with Gasteiger partial charge >= 0.3 is 0 Å². The molecule has 3 nitrogen and oxygen atoms in total. The molecule has 1 heterocycles. The molecule has 0 aliphatic carbocycles. The molecule has 5 heteroatoms. The number of aliphatic hydroxyl groups excluding tert-OH is 1. The van der Waals surface area contributed by atoms with E-state index < -0.39 is 0 Å². The van der Waals surface area contributed by atoms with Gasteiger partial charge in [0.2, 0.25) is 0 Å². The molecule has 116 valence electrons. The number of hydrogen-bond acceptors (Lipinski definition) is 4. The third kappa shape index (κ3) is 4.78. The first-order valence-electron chi connectivity index (χ1n) is 6.82. The number of aromatic nitrogens is 1. The normalized spacial score (nSPS) is 12.8. The van der Waals surface area contributed by atoms with Gasteiger partial charge in [-0.3, -0.25) is 0 Å². The van der Waals surface area contributed by atoms with Crippen LogP contribution in [0.2, 0.25) is 0 Å². The van der Waals surface area contributed by atoms with Crippen molar-refractivity contribution >= 4 is 23.7 Å². The minimum Gasteiger partial charge on any atom is -0.395 e. The summed E-state index contributed by atoms with van der Waals surface area (Å²) in [7, 11) is 0. The molecule has 0 radical (unpaired) electrons. The second-order valence-corrected chi connectivity index (χ2v) is 6.99. The third-order valence-electron chi connectivity index (χ3n) is 3.21. The van der Waals surface area contributed by atoms with Crippen molar-refractivity contribution in [1.29, 1.82) is 0 Å². The molecule has 0 fully saturated rings. The predicted octanol–water partition coefficient (Wildman–Crippen LogP) is 3.39. The van der Waals surface area contributed by atoms with E-state index in [0.29, 0.717) is 6.42 Å². The number of halogens is 1. The van der Waals surface area contributed by atoms with Gasteiger partial charge in [0.1, 0.15) is 5.01 Å². The summed E-state index contributed by atoms with van der Waals surface area (Å²) in [5.41, 5.74) is 9.23. The van der Waals surface area contributed by atoms with Crippen molar-refractivity contribution in [3.8, 4) is 10.6 Å². The highest BCUT2D eigenvalue weighted by molar-refractivity contribution is 7.13. The van der Waals surface area contributed by atoms with Crippen LogP contribution in [0.4, 0.5) is 0 Å². The quantitative estimate of drug-likeness (QED) is 0.905. The number of nitrogens with two attached hydrogens (primary N) is 1. The van der Waals surface area contributed by atoms with Crippen LogP contribution in [-0.2, 0) is 11.8 Å². The van der Waals surface area contributed by atoms with Gasteiger partial charge in [0.15, 0.2) is 0 Å². The van der Waals surface area contributed by atoms with Gasteiger partial charge in [0.05, 0.1) is 12.3 Å². The van der Waals surface area contributed by atoms with Gasteiger partial charge in [-0.05, 0) is 12.0 Å². The van der Waals surface area contributed by atoms with Gasteiger partial charge in [-0.25, -0.2) is 4.98 Å². The van der Waals surface area contributed by atoms with Crippen molar-refractivity contribution in [2.75, 3.05) is 6.61 Å². The van der Waals surface area contributed by atoms with Gasteiger partial charge in [-0.2, -0.15) is 0 Å². The van der Waals surface area contributed by atoms with Crippen molar-refractivity contribution in [2.24, 2.45) is 5.73 Å². The van der Waals surface area contributed by atoms with E-state index in [1.807, 2.05) is 0 Å². The van der Waals surface area contributed by atoms with Crippen LogP contribution in [0.3, 0.4) is 0 Å². The molecule has 0 aliphatic rings. The number of aliphatic hydroxyl groups is 1. The molecule has 0 saturated heterocycles. The number of rotatable bonds is 4. The van der Waals surface area contributed by atoms with Gasteiger partial charge < -0.3 is 10.8 Å². The monoisotopic (exact) mass is 326 g/mol. The Morgan fingerprint density at radius 3 is 2.33 bits per heavy atom. The fourth-order valence-electron chi connectivity index (χ4n) is 1.90. The van der Waals surface area contributed by atoms with Crippen LogP contribution in [0.25, 0.3) is 10.6 Å². The molecule has 1 aromatic heterocycles. The van der Waals surface area contributed by atoms with E-state index in [-0.39, 0.29) is 30.5 Å². The minimum atomic E-state index is -0.187. The van der Waals surface area contributed by atoms with E-state index in [2.05, 4.69) is 50.4 Å². The first-order chi connectivity index (χ1) is 9.40. The Morgan fingerprint density at radius 2 is 1.86 bits per heavy atom. The van der Waals surface area contributed by atoms with Gasteiger partial charge in [0.25, 0.3) is 0 Å². The first kappa shape index (κ1) is 18.1. The lowest BCUT2D eigenvalue weighted by molar-refractivity contribution is 0.265. The number of hydrogen-bond donors (Lipinski definition) is 2. The SMILES string of the molecule is CC(C)(C)c1csc(-c2ccc(CC(N)CO)cc2)n1.Cl. The molecule has 1 atom stereocenters. The fourth-order valence-corrected chi connectivity index (χ4v) is 2.95. The minimum absolute atomic E-state index is 0. The zero-order chi connectivity index (χ0) is 14.8. The number of benzene rings is 1. The largest absolute Gasteiger partial charge is 0.395 e. The molecule has 0 bridgehead atoms. The summed E-state index contributed by atoms with van der Waals surface area (Å²) in [6.07, 6.45) is 0.696. The Kier molecular flexibility index (Phi) is 6.35. The zero-order valence-corrected chi connectivity index (χ0v) is 14.3. The lowest BCUT2D eigenvalue weighted by atomic mass is 9.93. The molecule has 1 aromatic carbocycles. The highest BCUT2D eigenvalue weighted by atomic mass is 35.5. The summed E-state index contributed by atoms with van der Waals surface area (Å²) in [5.74, 6) is 0. The molecule has 0 amide bonds. The second kappa shape index (κ2) is 7.36. The Labute approximate surface area is 136 Å². The number of nitrogens with zero attached hydrogens (tertiary/aromatic N) is 1. The molecule has 21 heavy (non-hydrogen) atoms. The van der Waals surface area contributed by atoms with Crippen molar-refractivity contribution in [3.63, 3.8) is 0 Å². The summed E-state index contributed by atoms with van der Waals surface area (Å²) in [6.45, 7) is 6.53. The summed E-state index contributed by atoms with van der Waals surface area (Å²) in [4.78, 5) is 4.71. The molecular formula is C16H23ClN2OS. The molecule has 0 spiro atoms. The van der Waals surface area contributed by atoms with Crippen LogP contribution in [0, 0.1) is 0 Å². The van der Waals surface area contributed by atoms with Crippen LogP contribution in [0.15, 0.2) is 29.6 Å². The molecular weight excluding hydrogens is 304 g/mol. The molecule has 0 aliphatic heterocycles. The molecule has 3 N–H and O–H groups in total. The van der Waals surface area contributed by atoms with E-state index in [0.717, 1.165) is 21.8 Å². The molecule has 1 unspecified atom stereocenters. The Balaban J connectivity index is 0.00000220.